The number of pyridine rings is 1. The van der Waals surface area contributed by atoms with Crippen LogP contribution in [0.2, 0.25) is 0 Å². The van der Waals surface area contributed by atoms with E-state index < -0.39 is 45.1 Å². The van der Waals surface area contributed by atoms with E-state index in [0.29, 0.717) is 11.1 Å². The number of hydrogen-bond acceptors (Lipinski definition) is 12. The molecule has 4 rings (SSSR count). The summed E-state index contributed by atoms with van der Waals surface area (Å²) in [6, 6.07) is 2.32. The van der Waals surface area contributed by atoms with Crippen molar-refractivity contribution in [3.05, 3.63) is 47.2 Å². The SMILES string of the molecule is CCON=C(C(=O)NC1C(=O)N2C(C(=O)O)=C(C[n+]3ccc(CCS(=O)(=O)O)cc3)CS[C@H]12)c1nsc(N)n1. The van der Waals surface area contributed by atoms with E-state index in [2.05, 4.69) is 19.8 Å². The van der Waals surface area contributed by atoms with Gasteiger partial charge in [0.25, 0.3) is 21.9 Å². The number of nitrogens with zero attached hydrogens (tertiary/aromatic N) is 5. The second-order valence-electron chi connectivity index (χ2n) is 8.35. The van der Waals surface area contributed by atoms with Gasteiger partial charge in [0, 0.05) is 35.0 Å². The molecule has 2 aliphatic heterocycles. The average molecular weight is 599 g/mol. The van der Waals surface area contributed by atoms with Crippen LogP contribution in [0.3, 0.4) is 0 Å². The lowest BCUT2D eigenvalue weighted by atomic mass is 10.0. The first-order valence-corrected chi connectivity index (χ1v) is 14.8. The van der Waals surface area contributed by atoms with Gasteiger partial charge >= 0.3 is 5.97 Å². The van der Waals surface area contributed by atoms with Crippen LogP contribution in [0.4, 0.5) is 5.13 Å². The molecule has 2 aromatic heterocycles. The van der Waals surface area contributed by atoms with Crippen molar-refractivity contribution in [2.24, 2.45) is 5.16 Å². The summed E-state index contributed by atoms with van der Waals surface area (Å²) in [4.78, 5) is 48.2. The average Bonchev–Trinajstić information content (AvgIpc) is 3.31. The lowest BCUT2D eigenvalue weighted by molar-refractivity contribution is -0.689. The third kappa shape index (κ3) is 6.52. The molecule has 0 aromatic carbocycles. The molecular weight excluding hydrogens is 574 g/mol. The molecule has 2 atom stereocenters. The van der Waals surface area contributed by atoms with Gasteiger partial charge < -0.3 is 21.0 Å². The summed E-state index contributed by atoms with van der Waals surface area (Å²) in [5.41, 5.74) is 6.34. The van der Waals surface area contributed by atoms with Crippen LogP contribution in [-0.4, -0.2) is 85.4 Å². The summed E-state index contributed by atoms with van der Waals surface area (Å²) in [5, 5.41) is 15.7. The van der Waals surface area contributed by atoms with Crippen molar-refractivity contribution in [1.82, 2.24) is 19.6 Å². The van der Waals surface area contributed by atoms with E-state index in [1.54, 1.807) is 36.0 Å². The number of aromatic nitrogens is 3. The summed E-state index contributed by atoms with van der Waals surface area (Å²) in [6.45, 7) is 2.01. The second-order valence-corrected chi connectivity index (χ2v) is 11.8. The Morgan fingerprint density at radius 2 is 2.08 bits per heavy atom. The third-order valence-electron chi connectivity index (χ3n) is 5.67. The Morgan fingerprint density at radius 3 is 2.67 bits per heavy atom. The molecule has 0 radical (unpaired) electrons. The van der Waals surface area contributed by atoms with Crippen LogP contribution in [0.1, 0.15) is 18.3 Å². The van der Waals surface area contributed by atoms with Crippen molar-refractivity contribution >= 4 is 62.0 Å². The fourth-order valence-electron chi connectivity index (χ4n) is 3.89. The molecule has 208 valence electrons. The van der Waals surface area contributed by atoms with Crippen LogP contribution in [0.15, 0.2) is 41.0 Å². The summed E-state index contributed by atoms with van der Waals surface area (Å²) in [7, 11) is -4.09. The number of fused-ring (bicyclic) bond motifs is 1. The van der Waals surface area contributed by atoms with Gasteiger partial charge in [-0.3, -0.25) is 19.0 Å². The molecule has 0 bridgehead atoms. The summed E-state index contributed by atoms with van der Waals surface area (Å²) < 4.78 is 36.5. The fraction of sp³-hybridized carbons (Fsp3) is 0.381. The molecule has 0 spiro atoms. The van der Waals surface area contributed by atoms with E-state index in [4.69, 9.17) is 15.1 Å². The van der Waals surface area contributed by atoms with Crippen LogP contribution in [0.25, 0.3) is 0 Å². The first-order chi connectivity index (χ1) is 18.5. The van der Waals surface area contributed by atoms with Gasteiger partial charge in [-0.1, -0.05) is 5.16 Å². The highest BCUT2D eigenvalue weighted by atomic mass is 32.2. The van der Waals surface area contributed by atoms with E-state index in [1.807, 2.05) is 0 Å². The Bertz CT molecular complexity index is 1460. The van der Waals surface area contributed by atoms with Gasteiger partial charge in [-0.05, 0) is 18.9 Å². The van der Waals surface area contributed by atoms with Gasteiger partial charge in [0.2, 0.25) is 11.5 Å². The predicted octanol–water partition coefficient (Wildman–Crippen LogP) is -0.982. The molecule has 2 aliphatic rings. The number of carboxylic acid groups (broad SMARTS) is 1. The maximum absolute atomic E-state index is 13.0. The molecule has 1 unspecified atom stereocenters. The van der Waals surface area contributed by atoms with Gasteiger partial charge in [0.1, 0.15) is 23.7 Å². The monoisotopic (exact) mass is 598 g/mol. The topological polar surface area (TPSA) is 218 Å². The molecule has 2 aromatic rings. The smallest absolute Gasteiger partial charge is 0.352 e. The van der Waals surface area contributed by atoms with E-state index in [0.717, 1.165) is 16.4 Å². The fourth-order valence-corrected chi connectivity index (χ4v) is 6.15. The number of carbonyl (C=O) groups excluding carboxylic acids is 2. The van der Waals surface area contributed by atoms with E-state index in [1.165, 1.54) is 11.8 Å². The minimum atomic E-state index is -4.09. The van der Waals surface area contributed by atoms with Crippen LogP contribution < -0.4 is 15.6 Å². The van der Waals surface area contributed by atoms with Crippen LogP contribution in [-0.2, 0) is 42.3 Å². The molecule has 2 amide bonds. The molecule has 15 nitrogen and oxygen atoms in total. The predicted molar refractivity (Wildman–Crippen MR) is 139 cm³/mol. The number of amides is 2. The number of nitrogens with two attached hydrogens (primary N) is 1. The van der Waals surface area contributed by atoms with Crippen LogP contribution >= 0.6 is 23.3 Å². The van der Waals surface area contributed by atoms with Crippen molar-refractivity contribution in [3.8, 4) is 0 Å². The number of nitrogens with one attached hydrogen (secondary N) is 1. The number of oxime groups is 1. The minimum absolute atomic E-state index is 0.0576. The van der Waals surface area contributed by atoms with Crippen LogP contribution in [0.5, 0.6) is 0 Å². The minimum Gasteiger partial charge on any atom is -0.477 e. The summed E-state index contributed by atoms with van der Waals surface area (Å²) in [5.74, 6) is -2.83. The number of hydrogen-bond donors (Lipinski definition) is 4. The highest BCUT2D eigenvalue weighted by molar-refractivity contribution is 8.00. The van der Waals surface area contributed by atoms with Crippen molar-refractivity contribution in [2.75, 3.05) is 23.8 Å². The number of rotatable bonds is 11. The van der Waals surface area contributed by atoms with E-state index >= 15 is 0 Å². The third-order valence-corrected chi connectivity index (χ3v) is 8.27. The van der Waals surface area contributed by atoms with Gasteiger partial charge in [-0.15, -0.1) is 11.8 Å². The molecular formula is C21H24N7O8S3+. The molecule has 5 N–H and O–H groups in total. The van der Waals surface area contributed by atoms with E-state index in [9.17, 15) is 27.9 Å². The maximum Gasteiger partial charge on any atom is 0.352 e. The summed E-state index contributed by atoms with van der Waals surface area (Å²) >= 11 is 2.16. The lowest BCUT2D eigenvalue weighted by Crippen LogP contribution is -2.71. The number of thioether (sulfide) groups is 1. The van der Waals surface area contributed by atoms with Crippen molar-refractivity contribution < 1.29 is 41.9 Å². The van der Waals surface area contributed by atoms with Crippen molar-refractivity contribution in [1.29, 1.82) is 0 Å². The quantitative estimate of drug-likeness (QED) is 0.0806. The molecule has 0 aliphatic carbocycles. The number of aryl methyl sites for hydroxylation is 1. The van der Waals surface area contributed by atoms with Gasteiger partial charge in [-0.25, -0.2) is 9.36 Å². The maximum atomic E-state index is 13.0. The normalized spacial score (nSPS) is 19.4. The van der Waals surface area contributed by atoms with Gasteiger partial charge in [0.05, 0.1) is 5.75 Å². The molecule has 39 heavy (non-hydrogen) atoms. The molecule has 18 heteroatoms. The summed E-state index contributed by atoms with van der Waals surface area (Å²) in [6.07, 6.45) is 3.43. The highest BCUT2D eigenvalue weighted by Gasteiger charge is 2.54. The lowest BCUT2D eigenvalue weighted by Gasteiger charge is -2.49. The first kappa shape index (κ1) is 28.4. The Hall–Kier alpha value is -3.61. The Labute approximate surface area is 230 Å². The Morgan fingerprint density at radius 1 is 1.36 bits per heavy atom. The van der Waals surface area contributed by atoms with Crippen molar-refractivity contribution in [2.45, 2.75) is 31.3 Å². The zero-order valence-electron chi connectivity index (χ0n) is 20.4. The zero-order chi connectivity index (χ0) is 28.3. The molecule has 0 saturated carbocycles. The standard InChI is InChI=1S/C21H23N7O8S3/c1-2-36-25-13(16-24-21(22)38-26-16)17(29)23-14-18(30)28-15(20(31)32)12(10-37-19(14)28)9-27-6-3-11(4-7-27)5-8-39(33,34)35/h3-4,6-7,14,19H,2,5,8-10H2,1H3,(H4-,22,23,24,26,29,31,32,33,34,35)/p+1/t14?,19-/m1/s1. The number of anilines is 1. The zero-order valence-corrected chi connectivity index (χ0v) is 22.8. The van der Waals surface area contributed by atoms with E-state index in [-0.39, 0.29) is 47.7 Å². The van der Waals surface area contributed by atoms with Gasteiger partial charge in [0.15, 0.2) is 24.1 Å². The first-order valence-electron chi connectivity index (χ1n) is 11.4. The number of carboxylic acids is 1. The Kier molecular flexibility index (Phi) is 8.48. The second kappa shape index (κ2) is 11.6. The largest absolute Gasteiger partial charge is 0.477 e. The molecule has 1 fully saturated rings. The highest BCUT2D eigenvalue weighted by Crippen LogP contribution is 2.40. The number of β-lactam (4-membered cyclic amide) rings is 1. The Balaban J connectivity index is 1.48. The van der Waals surface area contributed by atoms with Crippen molar-refractivity contribution in [3.63, 3.8) is 0 Å². The number of aliphatic carboxylic acids is 1. The van der Waals surface area contributed by atoms with Crippen LogP contribution in [0, 0.1) is 0 Å². The molecule has 4 heterocycles. The van der Waals surface area contributed by atoms with Gasteiger partial charge in [-0.2, -0.15) is 17.8 Å². The molecule has 1 saturated heterocycles. The number of carbonyl (C=O) groups is 3. The number of nitrogen functional groups attached to an aromatic ring is 1.